The van der Waals surface area contributed by atoms with Crippen molar-refractivity contribution in [1.29, 1.82) is 0 Å². The van der Waals surface area contributed by atoms with E-state index in [9.17, 15) is 4.79 Å². The van der Waals surface area contributed by atoms with Crippen molar-refractivity contribution in [1.82, 2.24) is 10.3 Å². The van der Waals surface area contributed by atoms with Gasteiger partial charge in [0.05, 0.1) is 17.5 Å². The van der Waals surface area contributed by atoms with Crippen LogP contribution in [0.2, 0.25) is 0 Å². The lowest BCUT2D eigenvalue weighted by atomic mass is 9.95. The molecular formula is C21H16N2O2S2. The van der Waals surface area contributed by atoms with Crippen molar-refractivity contribution in [2.24, 2.45) is 0 Å². The topological polar surface area (TPSA) is 51.2 Å². The Morgan fingerprint density at radius 2 is 2.04 bits per heavy atom. The minimum Gasteiger partial charge on any atom is -0.496 e. The summed E-state index contributed by atoms with van der Waals surface area (Å²) < 4.78 is 6.07. The number of carbonyl (C=O) groups excluding carboxylic acids is 1. The Morgan fingerprint density at radius 1 is 1.19 bits per heavy atom. The molecule has 0 aliphatic carbocycles. The third-order valence-corrected chi connectivity index (χ3v) is 5.57. The molecule has 1 aliphatic rings. The molecule has 0 spiro atoms. The highest BCUT2D eigenvalue weighted by atomic mass is 32.2. The zero-order chi connectivity index (χ0) is 19.0. The number of ether oxygens (including phenoxy) is 1. The number of rotatable bonds is 3. The number of hydrogen-bond acceptors (Lipinski definition) is 5. The number of carbonyl (C=O) groups is 1. The van der Waals surface area contributed by atoms with Gasteiger partial charge in [-0.15, -0.1) is 0 Å². The first-order valence-corrected chi connectivity index (χ1v) is 9.56. The van der Waals surface area contributed by atoms with Crippen molar-refractivity contribution in [2.75, 3.05) is 7.11 Å². The number of nitrogens with one attached hydrogen (secondary N) is 1. The van der Waals surface area contributed by atoms with Gasteiger partial charge in [-0.1, -0.05) is 36.1 Å². The van der Waals surface area contributed by atoms with Crippen LogP contribution in [0, 0.1) is 6.92 Å². The first kappa shape index (κ1) is 17.7. The number of pyridine rings is 1. The number of nitrogens with zero attached hydrogens (tertiary/aromatic N) is 1. The van der Waals surface area contributed by atoms with E-state index in [1.54, 1.807) is 13.3 Å². The van der Waals surface area contributed by atoms with Crippen LogP contribution in [0.4, 0.5) is 0 Å². The molecule has 4 nitrogen and oxygen atoms in total. The highest BCUT2D eigenvalue weighted by Crippen LogP contribution is 2.36. The maximum absolute atomic E-state index is 11.9. The smallest absolute Gasteiger partial charge is 0.263 e. The van der Waals surface area contributed by atoms with E-state index in [4.69, 9.17) is 17.0 Å². The van der Waals surface area contributed by atoms with E-state index >= 15 is 0 Å². The van der Waals surface area contributed by atoms with Crippen molar-refractivity contribution >= 4 is 51.2 Å². The Labute approximate surface area is 166 Å². The van der Waals surface area contributed by atoms with Crippen molar-refractivity contribution in [2.45, 2.75) is 6.92 Å². The summed E-state index contributed by atoms with van der Waals surface area (Å²) in [5.74, 6) is 0.623. The van der Waals surface area contributed by atoms with E-state index in [-0.39, 0.29) is 5.91 Å². The van der Waals surface area contributed by atoms with E-state index in [1.165, 1.54) is 11.8 Å². The number of thioether (sulfide) groups is 1. The zero-order valence-electron chi connectivity index (χ0n) is 14.8. The van der Waals surface area contributed by atoms with Gasteiger partial charge in [-0.25, -0.2) is 0 Å². The third kappa shape index (κ3) is 3.46. The lowest BCUT2D eigenvalue weighted by Gasteiger charge is -2.13. The number of thiocarbonyl (C=S) groups is 1. The fourth-order valence-electron chi connectivity index (χ4n) is 3.11. The van der Waals surface area contributed by atoms with Crippen LogP contribution in [-0.4, -0.2) is 22.3 Å². The second kappa shape index (κ2) is 7.13. The van der Waals surface area contributed by atoms with E-state index in [1.807, 2.05) is 36.4 Å². The molecule has 27 heavy (non-hydrogen) atoms. The number of hydrogen-bond donors (Lipinski definition) is 1. The molecule has 1 N–H and O–H groups in total. The molecule has 2 heterocycles. The Kier molecular flexibility index (Phi) is 4.68. The predicted octanol–water partition coefficient (Wildman–Crippen LogP) is 4.71. The summed E-state index contributed by atoms with van der Waals surface area (Å²) in [5, 5.41) is 3.71. The summed E-state index contributed by atoms with van der Waals surface area (Å²) in [6.07, 6.45) is 3.64. The van der Waals surface area contributed by atoms with E-state index in [2.05, 4.69) is 29.4 Å². The van der Waals surface area contributed by atoms with Crippen molar-refractivity contribution in [3.63, 3.8) is 0 Å². The lowest BCUT2D eigenvalue weighted by Crippen LogP contribution is -2.17. The van der Waals surface area contributed by atoms with Gasteiger partial charge >= 0.3 is 0 Å². The number of methoxy groups -OCH3 is 1. The highest BCUT2D eigenvalue weighted by Gasteiger charge is 2.22. The van der Waals surface area contributed by atoms with E-state index in [0.29, 0.717) is 9.23 Å². The van der Waals surface area contributed by atoms with Crippen LogP contribution in [0.5, 0.6) is 5.75 Å². The molecule has 0 unspecified atom stereocenters. The molecule has 0 atom stereocenters. The van der Waals surface area contributed by atoms with Gasteiger partial charge in [0.2, 0.25) is 0 Å². The van der Waals surface area contributed by atoms with Crippen molar-refractivity contribution in [3.8, 4) is 16.9 Å². The van der Waals surface area contributed by atoms with Gasteiger partial charge in [-0.05, 0) is 60.0 Å². The Balaban J connectivity index is 1.85. The fraction of sp³-hybridized carbons (Fsp3) is 0.0952. The maximum Gasteiger partial charge on any atom is 0.263 e. The summed E-state index contributed by atoms with van der Waals surface area (Å²) >= 11 is 6.34. The number of amides is 1. The molecule has 6 heteroatoms. The van der Waals surface area contributed by atoms with Gasteiger partial charge in [0.1, 0.15) is 10.1 Å². The Morgan fingerprint density at radius 3 is 2.78 bits per heavy atom. The van der Waals surface area contributed by atoms with Gasteiger partial charge in [0, 0.05) is 17.1 Å². The molecule has 4 rings (SSSR count). The predicted molar refractivity (Wildman–Crippen MR) is 115 cm³/mol. The quantitative estimate of drug-likeness (QED) is 0.517. The molecular weight excluding hydrogens is 376 g/mol. The molecule has 0 bridgehead atoms. The van der Waals surface area contributed by atoms with Crippen LogP contribution in [-0.2, 0) is 4.79 Å². The van der Waals surface area contributed by atoms with Gasteiger partial charge in [0.15, 0.2) is 0 Å². The molecule has 1 fully saturated rings. The van der Waals surface area contributed by atoms with Crippen LogP contribution >= 0.6 is 24.0 Å². The minimum atomic E-state index is -0.157. The van der Waals surface area contributed by atoms with Gasteiger partial charge in [0.25, 0.3) is 5.91 Å². The van der Waals surface area contributed by atoms with Gasteiger partial charge in [-0.3, -0.25) is 9.78 Å². The molecule has 1 aliphatic heterocycles. The zero-order valence-corrected chi connectivity index (χ0v) is 16.4. The van der Waals surface area contributed by atoms with Gasteiger partial charge < -0.3 is 10.1 Å². The summed E-state index contributed by atoms with van der Waals surface area (Å²) in [7, 11) is 1.66. The number of benzene rings is 2. The van der Waals surface area contributed by atoms with Crippen molar-refractivity contribution < 1.29 is 9.53 Å². The second-order valence-electron chi connectivity index (χ2n) is 6.18. The largest absolute Gasteiger partial charge is 0.496 e. The molecule has 1 amide bonds. The van der Waals surface area contributed by atoms with Crippen LogP contribution in [0.15, 0.2) is 53.6 Å². The van der Waals surface area contributed by atoms with Crippen LogP contribution in [0.3, 0.4) is 0 Å². The molecule has 134 valence electrons. The summed E-state index contributed by atoms with van der Waals surface area (Å²) in [6, 6.07) is 14.1. The van der Waals surface area contributed by atoms with Crippen molar-refractivity contribution in [3.05, 3.63) is 64.7 Å². The molecule has 2 aromatic carbocycles. The molecule has 0 radical (unpaired) electrons. The Hall–Kier alpha value is -2.70. The van der Waals surface area contributed by atoms with Crippen LogP contribution in [0.1, 0.15) is 11.1 Å². The number of aryl methyl sites for hydroxylation is 1. The summed E-state index contributed by atoms with van der Waals surface area (Å²) in [6.45, 7) is 2.06. The van der Waals surface area contributed by atoms with E-state index in [0.717, 1.165) is 38.9 Å². The SMILES string of the molecule is COc1ccc(/C=C2\SC(=S)NC2=O)cc1-c1cc2cccnc2cc1C. The normalized spacial score (nSPS) is 15.4. The third-order valence-electron chi connectivity index (χ3n) is 4.40. The average Bonchev–Trinajstić information content (AvgIpc) is 2.98. The first-order valence-electron chi connectivity index (χ1n) is 8.34. The molecule has 1 saturated heterocycles. The monoisotopic (exact) mass is 392 g/mol. The van der Waals surface area contributed by atoms with Gasteiger partial charge in [-0.2, -0.15) is 0 Å². The standard InChI is InChI=1S/C21H16N2O2S2/c1-12-8-17-14(4-3-7-22-17)11-15(12)16-9-13(5-6-18(16)25-2)10-19-20(24)23-21(26)27-19/h3-11H,1-2H3,(H,23,24,26)/b19-10-. The Bertz CT molecular complexity index is 1120. The molecule has 1 aromatic heterocycles. The highest BCUT2D eigenvalue weighted by molar-refractivity contribution is 8.26. The fourth-order valence-corrected chi connectivity index (χ4v) is 4.16. The average molecular weight is 393 g/mol. The van der Waals surface area contributed by atoms with Crippen LogP contribution < -0.4 is 10.1 Å². The minimum absolute atomic E-state index is 0.157. The number of aromatic nitrogens is 1. The molecule has 3 aromatic rings. The number of fused-ring (bicyclic) bond motifs is 1. The lowest BCUT2D eigenvalue weighted by molar-refractivity contribution is -0.115. The van der Waals surface area contributed by atoms with Crippen LogP contribution in [0.25, 0.3) is 28.1 Å². The second-order valence-corrected chi connectivity index (χ2v) is 7.89. The molecule has 0 saturated carbocycles. The maximum atomic E-state index is 11.9. The summed E-state index contributed by atoms with van der Waals surface area (Å²) in [5.41, 5.74) is 5.04. The first-order chi connectivity index (χ1) is 13.0. The summed E-state index contributed by atoms with van der Waals surface area (Å²) in [4.78, 5) is 17.0. The van der Waals surface area contributed by atoms with E-state index < -0.39 is 0 Å².